The molecule has 0 fully saturated rings. The van der Waals surface area contributed by atoms with Crippen molar-refractivity contribution < 1.29 is 23.5 Å². The van der Waals surface area contributed by atoms with Crippen LogP contribution in [0.5, 0.6) is 0 Å². The van der Waals surface area contributed by atoms with Gasteiger partial charge in [-0.2, -0.15) is 8.78 Å². The number of aliphatic carboxylic acids is 1. The molecule has 1 aromatic rings. The van der Waals surface area contributed by atoms with Crippen LogP contribution in [0.2, 0.25) is 8.67 Å². The van der Waals surface area contributed by atoms with Crippen LogP contribution in [0.1, 0.15) is 5.56 Å². The maximum atomic E-state index is 13.5. The molecule has 1 amide bonds. The van der Waals surface area contributed by atoms with Crippen molar-refractivity contribution in [3.63, 3.8) is 0 Å². The van der Waals surface area contributed by atoms with E-state index in [1.165, 1.54) is 0 Å². The van der Waals surface area contributed by atoms with Gasteiger partial charge in [-0.25, -0.2) is 0 Å². The molecule has 1 rings (SSSR count). The highest BCUT2D eigenvalue weighted by Gasteiger charge is 2.43. The number of carbonyl (C=O) groups is 2. The third-order valence-corrected chi connectivity index (χ3v) is 3.17. The zero-order chi connectivity index (χ0) is 13.2. The van der Waals surface area contributed by atoms with E-state index in [4.69, 9.17) is 28.3 Å². The van der Waals surface area contributed by atoms with E-state index in [1.807, 2.05) is 0 Å². The molecule has 0 aliphatic rings. The van der Waals surface area contributed by atoms with Crippen LogP contribution >= 0.6 is 34.5 Å². The van der Waals surface area contributed by atoms with Gasteiger partial charge in [-0.15, -0.1) is 11.3 Å². The standard InChI is InChI=1S/C8H5Cl2F2NO3S/c9-4-1-3(6(10)17-4)8(11,12)7(16)13-2-5(14)15/h1H,2H2,(H,13,16)(H,14,15). The second kappa shape index (κ2) is 5.16. The number of halogens is 4. The Kier molecular flexibility index (Phi) is 4.29. The molecule has 0 aromatic carbocycles. The Bertz CT molecular complexity index is 464. The molecule has 0 atom stereocenters. The van der Waals surface area contributed by atoms with E-state index in [0.29, 0.717) is 11.3 Å². The van der Waals surface area contributed by atoms with Crippen LogP contribution < -0.4 is 5.32 Å². The molecule has 0 saturated carbocycles. The summed E-state index contributed by atoms with van der Waals surface area (Å²) in [6.45, 7) is -0.899. The normalized spacial score (nSPS) is 11.3. The smallest absolute Gasteiger partial charge is 0.352 e. The van der Waals surface area contributed by atoms with Crippen molar-refractivity contribution in [3.05, 3.63) is 20.3 Å². The highest BCUT2D eigenvalue weighted by Crippen LogP contribution is 2.40. The first-order valence-electron chi connectivity index (χ1n) is 4.08. The number of amides is 1. The highest BCUT2D eigenvalue weighted by atomic mass is 35.5. The zero-order valence-corrected chi connectivity index (χ0v) is 10.3. The van der Waals surface area contributed by atoms with Crippen LogP contribution in [0.25, 0.3) is 0 Å². The Morgan fingerprint density at radius 1 is 1.47 bits per heavy atom. The summed E-state index contributed by atoms with van der Waals surface area (Å²) in [7, 11) is 0. The summed E-state index contributed by atoms with van der Waals surface area (Å²) in [5, 5.41) is 9.82. The minimum absolute atomic E-state index is 0.00992. The summed E-state index contributed by atoms with van der Waals surface area (Å²) in [6.07, 6.45) is 0. The zero-order valence-electron chi connectivity index (χ0n) is 7.97. The van der Waals surface area contributed by atoms with Crippen molar-refractivity contribution in [3.8, 4) is 0 Å². The monoisotopic (exact) mass is 303 g/mol. The van der Waals surface area contributed by atoms with E-state index in [-0.39, 0.29) is 8.67 Å². The van der Waals surface area contributed by atoms with Crippen LogP contribution in [0.4, 0.5) is 8.78 Å². The van der Waals surface area contributed by atoms with Crippen LogP contribution in [0.15, 0.2) is 6.07 Å². The minimum atomic E-state index is -3.92. The second-order valence-corrected chi connectivity index (χ2v) is 5.17. The van der Waals surface area contributed by atoms with E-state index in [9.17, 15) is 18.4 Å². The molecular weight excluding hydrogens is 299 g/mol. The van der Waals surface area contributed by atoms with Gasteiger partial charge in [-0.3, -0.25) is 9.59 Å². The Hall–Kier alpha value is -0.920. The van der Waals surface area contributed by atoms with Crippen LogP contribution in [-0.4, -0.2) is 23.5 Å². The largest absolute Gasteiger partial charge is 0.480 e. The van der Waals surface area contributed by atoms with E-state index >= 15 is 0 Å². The van der Waals surface area contributed by atoms with Crippen molar-refractivity contribution in [2.45, 2.75) is 5.92 Å². The lowest BCUT2D eigenvalue weighted by Crippen LogP contribution is -2.40. The van der Waals surface area contributed by atoms with Gasteiger partial charge in [0.15, 0.2) is 0 Å². The summed E-state index contributed by atoms with van der Waals surface area (Å²) in [6, 6.07) is 0.870. The molecule has 4 nitrogen and oxygen atoms in total. The van der Waals surface area contributed by atoms with E-state index in [1.54, 1.807) is 5.32 Å². The Balaban J connectivity index is 2.90. The predicted molar refractivity (Wildman–Crippen MR) is 58.9 cm³/mol. The lowest BCUT2D eigenvalue weighted by Gasteiger charge is -2.14. The Labute approximate surface area is 108 Å². The minimum Gasteiger partial charge on any atom is -0.480 e. The van der Waals surface area contributed by atoms with Crippen molar-refractivity contribution >= 4 is 46.4 Å². The highest BCUT2D eigenvalue weighted by molar-refractivity contribution is 7.20. The van der Waals surface area contributed by atoms with Gasteiger partial charge >= 0.3 is 11.9 Å². The van der Waals surface area contributed by atoms with Crippen molar-refractivity contribution in [2.24, 2.45) is 0 Å². The Morgan fingerprint density at radius 2 is 2.06 bits per heavy atom. The molecule has 2 N–H and O–H groups in total. The molecule has 0 radical (unpaired) electrons. The van der Waals surface area contributed by atoms with E-state index in [0.717, 1.165) is 6.07 Å². The third-order valence-electron chi connectivity index (χ3n) is 1.68. The number of hydrogen-bond acceptors (Lipinski definition) is 3. The number of alkyl halides is 2. The van der Waals surface area contributed by atoms with Crippen LogP contribution in [0, 0.1) is 0 Å². The molecule has 1 heterocycles. The van der Waals surface area contributed by atoms with Gasteiger partial charge in [0.05, 0.1) is 9.90 Å². The van der Waals surface area contributed by atoms with Crippen molar-refractivity contribution in [1.29, 1.82) is 0 Å². The lowest BCUT2D eigenvalue weighted by molar-refractivity contribution is -0.149. The molecule has 94 valence electrons. The summed E-state index contributed by atoms with van der Waals surface area (Å²) in [5.74, 6) is -7.09. The summed E-state index contributed by atoms with van der Waals surface area (Å²) in [5.41, 5.74) is -0.739. The number of rotatable bonds is 4. The molecule has 0 bridgehead atoms. The number of hydrogen-bond donors (Lipinski definition) is 2. The van der Waals surface area contributed by atoms with Gasteiger partial charge in [0.2, 0.25) is 0 Å². The molecule has 17 heavy (non-hydrogen) atoms. The molecule has 9 heteroatoms. The topological polar surface area (TPSA) is 66.4 Å². The fraction of sp³-hybridized carbons (Fsp3) is 0.250. The van der Waals surface area contributed by atoms with Crippen molar-refractivity contribution in [1.82, 2.24) is 5.32 Å². The van der Waals surface area contributed by atoms with E-state index in [2.05, 4.69) is 0 Å². The van der Waals surface area contributed by atoms with Gasteiger partial charge in [0.25, 0.3) is 5.91 Å². The molecular formula is C8H5Cl2F2NO3S. The average Bonchev–Trinajstić information content (AvgIpc) is 2.54. The number of carboxylic acids is 1. The summed E-state index contributed by atoms with van der Waals surface area (Å²) < 4.78 is 26.8. The lowest BCUT2D eigenvalue weighted by atomic mass is 10.1. The molecule has 1 aromatic heterocycles. The maximum absolute atomic E-state index is 13.5. The number of carboxylic acid groups (broad SMARTS) is 1. The summed E-state index contributed by atoms with van der Waals surface area (Å²) >= 11 is 11.7. The predicted octanol–water partition coefficient (Wildman–Crippen LogP) is 2.35. The maximum Gasteiger partial charge on any atom is 0.352 e. The fourth-order valence-electron chi connectivity index (χ4n) is 0.944. The van der Waals surface area contributed by atoms with E-state index < -0.39 is 29.9 Å². The van der Waals surface area contributed by atoms with Gasteiger partial charge in [-0.1, -0.05) is 23.2 Å². The van der Waals surface area contributed by atoms with Crippen LogP contribution in [0.3, 0.4) is 0 Å². The average molecular weight is 304 g/mol. The third kappa shape index (κ3) is 3.27. The number of nitrogens with one attached hydrogen (secondary N) is 1. The van der Waals surface area contributed by atoms with Gasteiger partial charge in [0.1, 0.15) is 10.9 Å². The van der Waals surface area contributed by atoms with Crippen LogP contribution in [-0.2, 0) is 15.5 Å². The first-order chi connectivity index (χ1) is 7.75. The first-order valence-corrected chi connectivity index (χ1v) is 5.65. The molecule has 0 aliphatic carbocycles. The number of carbonyl (C=O) groups excluding carboxylic acids is 1. The quantitative estimate of drug-likeness (QED) is 0.897. The molecule has 0 saturated heterocycles. The SMILES string of the molecule is O=C(O)CNC(=O)C(F)(F)c1cc(Cl)sc1Cl. The molecule has 0 unspecified atom stereocenters. The Morgan fingerprint density at radius 3 is 2.47 bits per heavy atom. The van der Waals surface area contributed by atoms with Gasteiger partial charge < -0.3 is 10.4 Å². The van der Waals surface area contributed by atoms with Crippen molar-refractivity contribution in [2.75, 3.05) is 6.54 Å². The summed E-state index contributed by atoms with van der Waals surface area (Å²) in [4.78, 5) is 21.2. The number of thiophene rings is 1. The molecule has 0 aliphatic heterocycles. The second-order valence-electron chi connectivity index (χ2n) is 2.89. The molecule has 0 spiro atoms. The fourth-order valence-corrected chi connectivity index (χ4v) is 2.47. The van der Waals surface area contributed by atoms with Gasteiger partial charge in [-0.05, 0) is 6.07 Å². The first kappa shape index (κ1) is 14.1. The van der Waals surface area contributed by atoms with Gasteiger partial charge in [0, 0.05) is 0 Å².